The number of rotatable bonds is 6. The average molecular weight is 360 g/mol. The van der Waals surface area contributed by atoms with Crippen molar-refractivity contribution in [3.63, 3.8) is 0 Å². The second-order valence-corrected chi connectivity index (χ2v) is 5.72. The summed E-state index contributed by atoms with van der Waals surface area (Å²) in [7, 11) is 1.55. The van der Waals surface area contributed by atoms with Gasteiger partial charge in [0, 0.05) is 18.8 Å². The van der Waals surface area contributed by atoms with Crippen molar-refractivity contribution in [2.45, 2.75) is 26.2 Å². The Morgan fingerprint density at radius 1 is 1.38 bits per heavy atom. The fourth-order valence-corrected chi connectivity index (χ4v) is 2.61. The summed E-state index contributed by atoms with van der Waals surface area (Å²) in [5.74, 6) is -1.87. The van der Waals surface area contributed by atoms with Crippen molar-refractivity contribution in [2.24, 2.45) is 5.10 Å². The van der Waals surface area contributed by atoms with Crippen LogP contribution in [0, 0.1) is 11.6 Å². The summed E-state index contributed by atoms with van der Waals surface area (Å²) < 4.78 is 28.4. The summed E-state index contributed by atoms with van der Waals surface area (Å²) in [5.41, 5.74) is 6.15. The normalized spacial score (nSPS) is 15.5. The van der Waals surface area contributed by atoms with Crippen molar-refractivity contribution in [2.75, 3.05) is 12.8 Å². The van der Waals surface area contributed by atoms with E-state index < -0.39 is 11.6 Å². The number of hydrogen-bond donors (Lipinski definition) is 2. The molecule has 2 rings (SSSR count). The van der Waals surface area contributed by atoms with Gasteiger partial charge in [-0.3, -0.25) is 4.79 Å². The van der Waals surface area contributed by atoms with Gasteiger partial charge in [-0.15, -0.1) is 0 Å². The maximum atomic E-state index is 14.3. The lowest BCUT2D eigenvalue weighted by molar-refractivity contribution is -0.117. The van der Waals surface area contributed by atoms with Crippen LogP contribution >= 0.6 is 0 Å². The van der Waals surface area contributed by atoms with Gasteiger partial charge in [0.1, 0.15) is 5.82 Å². The molecule has 0 saturated heterocycles. The van der Waals surface area contributed by atoms with Gasteiger partial charge in [0.15, 0.2) is 5.82 Å². The van der Waals surface area contributed by atoms with Crippen LogP contribution < -0.4 is 11.1 Å². The van der Waals surface area contributed by atoms with E-state index in [0.717, 1.165) is 25.0 Å². The highest BCUT2D eigenvalue weighted by molar-refractivity contribution is 6.10. The number of unbranched alkanes of at least 4 members (excludes halogenated alkanes) is 1. The Kier molecular flexibility index (Phi) is 6.27. The fourth-order valence-electron chi connectivity index (χ4n) is 2.61. The highest BCUT2D eigenvalue weighted by atomic mass is 19.1. The summed E-state index contributed by atoms with van der Waals surface area (Å²) in [4.78, 5) is 12.2. The monoisotopic (exact) mass is 360 g/mol. The molecule has 26 heavy (non-hydrogen) atoms. The summed E-state index contributed by atoms with van der Waals surface area (Å²) in [6, 6.07) is 2.25. The van der Waals surface area contributed by atoms with Crippen LogP contribution in [0.5, 0.6) is 0 Å². The lowest BCUT2D eigenvalue weighted by Gasteiger charge is -2.24. The summed E-state index contributed by atoms with van der Waals surface area (Å²) in [6.45, 7) is 5.70. The molecular formula is C19H22F2N4O. The van der Waals surface area contributed by atoms with Gasteiger partial charge in [0.2, 0.25) is 5.91 Å². The zero-order valence-corrected chi connectivity index (χ0v) is 14.9. The first kappa shape index (κ1) is 19.4. The van der Waals surface area contributed by atoms with E-state index in [0.29, 0.717) is 17.7 Å². The standard InChI is InChI=1S/C19H22F2N4O/c1-4-6-7-12(19(26)23-3)16-11-10-15(24-25(16)5-2)17-13(20)8-9-14(22)18(17)21/h5,8-11H,2,4,6-7,22H2,1,3H3,(H,23,26)/b16-12+. The molecule has 1 aromatic carbocycles. The fraction of sp³-hybridized carbons (Fsp3) is 0.263. The smallest absolute Gasteiger partial charge is 0.249 e. The number of amides is 1. The molecule has 0 saturated carbocycles. The van der Waals surface area contributed by atoms with E-state index >= 15 is 0 Å². The highest BCUT2D eigenvalue weighted by Crippen LogP contribution is 2.26. The summed E-state index contributed by atoms with van der Waals surface area (Å²) in [5, 5.41) is 8.18. The molecule has 7 heteroatoms. The second kappa shape index (κ2) is 8.42. The molecule has 0 aromatic heterocycles. The molecule has 1 aromatic rings. The van der Waals surface area contributed by atoms with Gasteiger partial charge in [-0.2, -0.15) is 5.10 Å². The predicted molar refractivity (Wildman–Crippen MR) is 99.1 cm³/mol. The molecule has 1 aliphatic heterocycles. The number of nitrogens with two attached hydrogens (primary N) is 1. The first-order valence-corrected chi connectivity index (χ1v) is 8.32. The lowest BCUT2D eigenvalue weighted by Crippen LogP contribution is -2.26. The van der Waals surface area contributed by atoms with Gasteiger partial charge in [-0.25, -0.2) is 13.8 Å². The van der Waals surface area contributed by atoms with Gasteiger partial charge in [0.05, 0.1) is 22.7 Å². The molecule has 1 aliphatic rings. The topological polar surface area (TPSA) is 70.7 Å². The van der Waals surface area contributed by atoms with Crippen LogP contribution in [0.4, 0.5) is 14.5 Å². The molecule has 138 valence electrons. The molecule has 0 spiro atoms. The number of carbonyl (C=O) groups is 1. The summed E-state index contributed by atoms with van der Waals surface area (Å²) in [6.07, 6.45) is 6.74. The van der Waals surface area contributed by atoms with Crippen molar-refractivity contribution in [1.29, 1.82) is 0 Å². The Labute approximate surface area is 151 Å². The SMILES string of the molecule is C=CN1N=C(c2c(F)ccc(N)c2F)C=C/C1=C(/CCCC)C(=O)NC. The number of hydrazone groups is 1. The molecule has 1 heterocycles. The van der Waals surface area contributed by atoms with Crippen LogP contribution in [0.25, 0.3) is 0 Å². The van der Waals surface area contributed by atoms with Crippen molar-refractivity contribution in [3.8, 4) is 0 Å². The number of likely N-dealkylation sites (N-methyl/N-ethyl adjacent to an activating group) is 1. The largest absolute Gasteiger partial charge is 0.396 e. The minimum atomic E-state index is -0.873. The minimum Gasteiger partial charge on any atom is -0.396 e. The van der Waals surface area contributed by atoms with E-state index in [1.165, 1.54) is 17.3 Å². The molecule has 0 unspecified atom stereocenters. The number of nitrogen functional groups attached to an aromatic ring is 1. The number of nitrogens with one attached hydrogen (secondary N) is 1. The number of benzene rings is 1. The quantitative estimate of drug-likeness (QED) is 0.603. The van der Waals surface area contributed by atoms with Crippen LogP contribution in [0.15, 0.2) is 53.4 Å². The maximum absolute atomic E-state index is 14.3. The van der Waals surface area contributed by atoms with E-state index in [1.807, 2.05) is 6.92 Å². The Morgan fingerprint density at radius 3 is 2.73 bits per heavy atom. The molecule has 3 N–H and O–H groups in total. The lowest BCUT2D eigenvalue weighted by atomic mass is 10.0. The van der Waals surface area contributed by atoms with Crippen LogP contribution in [0.1, 0.15) is 31.7 Å². The van der Waals surface area contributed by atoms with Crippen LogP contribution in [0.2, 0.25) is 0 Å². The average Bonchev–Trinajstić information content (AvgIpc) is 2.65. The molecular weight excluding hydrogens is 338 g/mol. The third-order valence-corrected chi connectivity index (χ3v) is 4.00. The first-order valence-electron chi connectivity index (χ1n) is 8.32. The number of allylic oxidation sites excluding steroid dienone is 2. The maximum Gasteiger partial charge on any atom is 0.249 e. The summed E-state index contributed by atoms with van der Waals surface area (Å²) >= 11 is 0. The first-order chi connectivity index (χ1) is 12.4. The highest BCUT2D eigenvalue weighted by Gasteiger charge is 2.23. The minimum absolute atomic E-state index is 0.0581. The Morgan fingerprint density at radius 2 is 2.12 bits per heavy atom. The van der Waals surface area contributed by atoms with Gasteiger partial charge >= 0.3 is 0 Å². The van der Waals surface area contributed by atoms with Crippen molar-refractivity contribution in [1.82, 2.24) is 10.3 Å². The zero-order chi connectivity index (χ0) is 19.3. The van der Waals surface area contributed by atoms with Gasteiger partial charge in [-0.1, -0.05) is 19.9 Å². The number of hydrogen-bond acceptors (Lipinski definition) is 4. The molecule has 5 nitrogen and oxygen atoms in total. The molecule has 1 amide bonds. The second-order valence-electron chi connectivity index (χ2n) is 5.72. The molecule has 0 radical (unpaired) electrons. The van der Waals surface area contributed by atoms with Crippen LogP contribution in [-0.2, 0) is 4.79 Å². The van der Waals surface area contributed by atoms with E-state index in [1.54, 1.807) is 13.1 Å². The zero-order valence-electron chi connectivity index (χ0n) is 14.9. The van der Waals surface area contributed by atoms with E-state index in [4.69, 9.17) is 5.73 Å². The van der Waals surface area contributed by atoms with E-state index in [2.05, 4.69) is 17.0 Å². The Bertz CT molecular complexity index is 812. The molecule has 0 aliphatic carbocycles. The van der Waals surface area contributed by atoms with Gasteiger partial charge < -0.3 is 11.1 Å². The van der Waals surface area contributed by atoms with Gasteiger partial charge in [-0.05, 0) is 37.1 Å². The number of carbonyl (C=O) groups excluding carboxylic acids is 1. The van der Waals surface area contributed by atoms with Crippen molar-refractivity contribution >= 4 is 17.3 Å². The van der Waals surface area contributed by atoms with E-state index in [-0.39, 0.29) is 22.9 Å². The van der Waals surface area contributed by atoms with Crippen LogP contribution in [-0.4, -0.2) is 23.7 Å². The van der Waals surface area contributed by atoms with Crippen LogP contribution in [0.3, 0.4) is 0 Å². The molecule has 0 bridgehead atoms. The molecule has 0 fully saturated rings. The number of anilines is 1. The predicted octanol–water partition coefficient (Wildman–Crippen LogP) is 3.46. The molecule has 0 atom stereocenters. The third kappa shape index (κ3) is 3.82. The van der Waals surface area contributed by atoms with Gasteiger partial charge in [0.25, 0.3) is 0 Å². The number of halogens is 2. The Balaban J connectivity index is 2.53. The van der Waals surface area contributed by atoms with Crippen molar-refractivity contribution in [3.05, 3.63) is 65.5 Å². The third-order valence-electron chi connectivity index (χ3n) is 4.00. The van der Waals surface area contributed by atoms with E-state index in [9.17, 15) is 13.6 Å². The number of nitrogens with zero attached hydrogens (tertiary/aromatic N) is 2. The van der Waals surface area contributed by atoms with Crippen molar-refractivity contribution < 1.29 is 13.6 Å². The Hall–Kier alpha value is -2.96.